The highest BCUT2D eigenvalue weighted by Crippen LogP contribution is 2.11. The van der Waals surface area contributed by atoms with Gasteiger partial charge in [0.2, 0.25) is 0 Å². The molecule has 1 aromatic rings. The Labute approximate surface area is 126 Å². The number of hydrogen-bond donors (Lipinski definition) is 2. The molecule has 9 nitrogen and oxygen atoms in total. The molecule has 0 unspecified atom stereocenters. The number of ketones is 1. The first-order valence-corrected chi connectivity index (χ1v) is 6.48. The Bertz CT molecular complexity index is 566. The maximum atomic E-state index is 11.8. The van der Waals surface area contributed by atoms with E-state index in [2.05, 4.69) is 5.11 Å². The minimum atomic E-state index is -2.63. The Morgan fingerprint density at radius 3 is 2.23 bits per heavy atom. The number of aryl methyl sites for hydroxylation is 1. The Balaban J connectivity index is 2.73. The van der Waals surface area contributed by atoms with Crippen molar-refractivity contribution in [1.82, 2.24) is 0 Å². The number of rotatable bonds is 8. The number of benzene rings is 1. The summed E-state index contributed by atoms with van der Waals surface area (Å²) in [4.78, 5) is 21.2. The molecular formula is C13H17N3O6. The summed E-state index contributed by atoms with van der Waals surface area (Å²) >= 11 is 0. The fraction of sp³-hybridized carbons (Fsp3) is 0.462. The van der Waals surface area contributed by atoms with Crippen molar-refractivity contribution in [3.8, 4) is 0 Å². The average molecular weight is 311 g/mol. The topological polar surface area (TPSA) is 139 Å². The molecular weight excluding hydrogens is 294 g/mol. The molecule has 1 aromatic carbocycles. The molecule has 0 heterocycles. The van der Waals surface area contributed by atoms with Crippen molar-refractivity contribution < 1.29 is 24.8 Å². The molecule has 120 valence electrons. The van der Waals surface area contributed by atoms with Crippen molar-refractivity contribution in [2.24, 2.45) is 5.11 Å². The first kappa shape index (κ1) is 17.7. The van der Waals surface area contributed by atoms with Crippen LogP contribution in [-0.4, -0.2) is 51.2 Å². The van der Waals surface area contributed by atoms with Crippen LogP contribution in [0.5, 0.6) is 0 Å². The van der Waals surface area contributed by atoms with Crippen LogP contribution in [0, 0.1) is 22.2 Å². The van der Waals surface area contributed by atoms with Crippen LogP contribution in [0.4, 0.5) is 0 Å². The van der Waals surface area contributed by atoms with Gasteiger partial charge in [0, 0.05) is 12.0 Å². The second-order valence-electron chi connectivity index (χ2n) is 4.73. The molecule has 22 heavy (non-hydrogen) atoms. The fourth-order valence-corrected chi connectivity index (χ4v) is 1.61. The summed E-state index contributed by atoms with van der Waals surface area (Å²) in [6.45, 7) is -0.809. The normalized spacial score (nSPS) is 12.2. The number of hydroxylamine groups is 1. The lowest BCUT2D eigenvalue weighted by atomic mass is 10.1. The van der Waals surface area contributed by atoms with Crippen molar-refractivity contribution in [3.63, 3.8) is 0 Å². The summed E-state index contributed by atoms with van der Waals surface area (Å²) in [7, 11) is 0. The molecule has 0 amide bonds. The predicted octanol–water partition coefficient (Wildman–Crippen LogP) is 0.488. The smallest absolute Gasteiger partial charge is 0.483 e. The SMILES string of the molecule is Cc1ccc(C(=O)CCN=[N+]([O-])C(CO)(CO)[N+](=O)[O-])cc1. The predicted molar refractivity (Wildman–Crippen MR) is 74.9 cm³/mol. The van der Waals surface area contributed by atoms with Crippen LogP contribution in [0.2, 0.25) is 0 Å². The van der Waals surface area contributed by atoms with Crippen LogP contribution in [-0.2, 0) is 0 Å². The van der Waals surface area contributed by atoms with Gasteiger partial charge in [-0.15, -0.1) is 0 Å². The van der Waals surface area contributed by atoms with Gasteiger partial charge < -0.3 is 15.4 Å². The largest absolute Gasteiger partial charge is 0.594 e. The summed E-state index contributed by atoms with van der Waals surface area (Å²) in [6.07, 6.45) is -0.119. The minimum absolute atomic E-state index is 0.119. The first-order chi connectivity index (χ1) is 10.4. The van der Waals surface area contributed by atoms with E-state index in [1.54, 1.807) is 24.3 Å². The van der Waals surface area contributed by atoms with Crippen molar-refractivity contribution in [2.45, 2.75) is 19.0 Å². The third kappa shape index (κ3) is 3.83. The van der Waals surface area contributed by atoms with Gasteiger partial charge in [-0.05, 0) is 16.9 Å². The number of aliphatic hydroxyl groups excluding tert-OH is 2. The molecule has 0 aliphatic heterocycles. The van der Waals surface area contributed by atoms with Crippen LogP contribution in [0.3, 0.4) is 0 Å². The van der Waals surface area contributed by atoms with E-state index in [1.807, 2.05) is 6.92 Å². The van der Waals surface area contributed by atoms with Gasteiger partial charge in [-0.1, -0.05) is 29.8 Å². The van der Waals surface area contributed by atoms with E-state index in [1.165, 1.54) is 0 Å². The third-order valence-corrected chi connectivity index (χ3v) is 3.14. The van der Waals surface area contributed by atoms with Crippen LogP contribution in [0.25, 0.3) is 0 Å². The summed E-state index contributed by atoms with van der Waals surface area (Å²) in [6, 6.07) is 6.80. The number of azo groups is 1. The first-order valence-electron chi connectivity index (χ1n) is 6.48. The lowest BCUT2D eigenvalue weighted by Gasteiger charge is -2.16. The molecule has 0 aliphatic rings. The number of carbonyl (C=O) groups is 1. The number of hydrogen-bond acceptors (Lipinski definition) is 7. The van der Waals surface area contributed by atoms with Crippen molar-refractivity contribution in [3.05, 3.63) is 50.7 Å². The Hall–Kier alpha value is -2.39. The quantitative estimate of drug-likeness (QED) is 0.179. The highest BCUT2D eigenvalue weighted by atomic mass is 16.7. The Morgan fingerprint density at radius 2 is 1.77 bits per heavy atom. The van der Waals surface area contributed by atoms with Gasteiger partial charge in [-0.2, -0.15) is 0 Å². The summed E-state index contributed by atoms with van der Waals surface area (Å²) in [5, 5.41) is 43.7. The molecule has 0 aromatic heterocycles. The van der Waals surface area contributed by atoms with Gasteiger partial charge in [-0.3, -0.25) is 14.9 Å². The average Bonchev–Trinajstić information content (AvgIpc) is 2.49. The van der Waals surface area contributed by atoms with Gasteiger partial charge in [0.15, 0.2) is 19.0 Å². The van der Waals surface area contributed by atoms with Crippen molar-refractivity contribution in [1.29, 1.82) is 0 Å². The van der Waals surface area contributed by atoms with E-state index in [0.717, 1.165) is 5.56 Å². The lowest BCUT2D eigenvalue weighted by Crippen LogP contribution is -2.53. The molecule has 0 aliphatic carbocycles. The van der Waals surface area contributed by atoms with E-state index in [4.69, 9.17) is 10.2 Å². The highest BCUT2D eigenvalue weighted by molar-refractivity contribution is 5.96. The number of aliphatic hydroxyl groups is 2. The molecule has 0 saturated heterocycles. The van der Waals surface area contributed by atoms with Crippen molar-refractivity contribution in [2.75, 3.05) is 19.8 Å². The molecule has 1 rings (SSSR count). The third-order valence-electron chi connectivity index (χ3n) is 3.14. The molecule has 0 saturated carbocycles. The van der Waals surface area contributed by atoms with Gasteiger partial charge in [-0.25, -0.2) is 0 Å². The molecule has 0 bridgehead atoms. The highest BCUT2D eigenvalue weighted by Gasteiger charge is 2.53. The molecule has 0 spiro atoms. The Morgan fingerprint density at radius 1 is 1.23 bits per heavy atom. The summed E-state index contributed by atoms with van der Waals surface area (Å²) in [5.41, 5.74) is -1.19. The van der Waals surface area contributed by atoms with Crippen LogP contribution in [0.15, 0.2) is 29.4 Å². The number of carbonyl (C=O) groups excluding carboxylic acids is 1. The zero-order valence-corrected chi connectivity index (χ0v) is 12.0. The van der Waals surface area contributed by atoms with E-state index in [-0.39, 0.29) is 23.6 Å². The standard InChI is InChI=1S/C13H17N3O6/c1-10-2-4-11(5-3-10)12(19)6-7-14-15(20)13(8-17,9-18)16(21)22/h2-5,17-18H,6-9H2,1H3. The van der Waals surface area contributed by atoms with Gasteiger partial charge in [0.25, 0.3) is 0 Å². The van der Waals surface area contributed by atoms with Gasteiger partial charge in [0.1, 0.15) is 11.5 Å². The number of nitrogens with zero attached hydrogens (tertiary/aromatic N) is 3. The van der Waals surface area contributed by atoms with Crippen LogP contribution < -0.4 is 0 Å². The summed E-state index contributed by atoms with van der Waals surface area (Å²) in [5.74, 6) is -0.267. The maximum absolute atomic E-state index is 11.8. The second-order valence-corrected chi connectivity index (χ2v) is 4.73. The van der Waals surface area contributed by atoms with E-state index in [9.17, 15) is 20.1 Å². The van der Waals surface area contributed by atoms with E-state index < -0.39 is 23.8 Å². The van der Waals surface area contributed by atoms with Crippen LogP contribution >= 0.6 is 0 Å². The van der Waals surface area contributed by atoms with Gasteiger partial charge >= 0.3 is 5.66 Å². The zero-order chi connectivity index (χ0) is 16.8. The summed E-state index contributed by atoms with van der Waals surface area (Å²) < 4.78 is 0. The number of Topliss-reactive ketones (excluding diaryl/α,β-unsaturated/α-hetero) is 1. The van der Waals surface area contributed by atoms with Gasteiger partial charge in [0.05, 0.1) is 0 Å². The maximum Gasteiger partial charge on any atom is 0.483 e. The minimum Gasteiger partial charge on any atom is -0.594 e. The second kappa shape index (κ2) is 7.57. The molecule has 0 atom stereocenters. The molecule has 0 fully saturated rings. The molecule has 9 heteroatoms. The van der Waals surface area contributed by atoms with Crippen LogP contribution in [0.1, 0.15) is 22.3 Å². The van der Waals surface area contributed by atoms with Crippen molar-refractivity contribution >= 4 is 5.78 Å². The monoisotopic (exact) mass is 311 g/mol. The van der Waals surface area contributed by atoms with E-state index >= 15 is 0 Å². The zero-order valence-electron chi connectivity index (χ0n) is 12.0. The molecule has 0 radical (unpaired) electrons. The number of nitro groups is 1. The molecule has 2 N–H and O–H groups in total. The fourth-order valence-electron chi connectivity index (χ4n) is 1.61. The Kier molecular flexibility index (Phi) is 6.08. The lowest BCUT2D eigenvalue weighted by molar-refractivity contribution is -0.819. The van der Waals surface area contributed by atoms with E-state index in [0.29, 0.717) is 5.56 Å².